The monoisotopic (exact) mass is 201 g/mol. The topological polar surface area (TPSA) is 77.8 Å². The Labute approximate surface area is 82.3 Å². The molecule has 1 aliphatic heterocycles. The highest BCUT2D eigenvalue weighted by Crippen LogP contribution is 2.17. The molecule has 0 aromatic heterocycles. The molecule has 2 atom stereocenters. The lowest BCUT2D eigenvalue weighted by Crippen LogP contribution is -2.34. The first-order valence-corrected chi connectivity index (χ1v) is 4.66. The zero-order valence-corrected chi connectivity index (χ0v) is 8.14. The number of carboxylic acid groups (broad SMARTS) is 1. The van der Waals surface area contributed by atoms with Gasteiger partial charge in [0.2, 0.25) is 5.91 Å². The van der Waals surface area contributed by atoms with Crippen molar-refractivity contribution in [2.75, 3.05) is 13.1 Å². The van der Waals surface area contributed by atoms with E-state index in [0.717, 1.165) is 0 Å². The molecule has 0 spiro atoms. The molecule has 1 fully saturated rings. The second kappa shape index (κ2) is 4.41. The minimum atomic E-state index is -1.04. The molecule has 0 bridgehead atoms. The molecule has 1 heterocycles. The molecule has 0 saturated carbocycles. The number of aliphatic carboxylic acids is 1. The van der Waals surface area contributed by atoms with Gasteiger partial charge in [-0.05, 0) is 5.92 Å². The van der Waals surface area contributed by atoms with E-state index in [4.69, 9.17) is 5.11 Å². The van der Waals surface area contributed by atoms with Crippen molar-refractivity contribution < 1.29 is 19.8 Å². The average molecular weight is 201 g/mol. The Hall–Kier alpha value is -1.10. The Morgan fingerprint density at radius 2 is 2.36 bits per heavy atom. The number of likely N-dealkylation sites (tertiary alicyclic amines) is 1. The standard InChI is InChI=1S/C9H15NO4/c1-6-2-8(12)10(4-6)5-7(11)3-9(13)14/h6-7,11H,2-5H2,1H3,(H,13,14). The molecule has 5 heteroatoms. The molecule has 2 N–H and O–H groups in total. The number of nitrogens with zero attached hydrogens (tertiary/aromatic N) is 1. The number of carbonyl (C=O) groups excluding carboxylic acids is 1. The number of carbonyl (C=O) groups is 2. The summed E-state index contributed by atoms with van der Waals surface area (Å²) in [4.78, 5) is 23.1. The summed E-state index contributed by atoms with van der Waals surface area (Å²) in [5.74, 6) is -0.737. The van der Waals surface area contributed by atoms with Crippen LogP contribution < -0.4 is 0 Å². The van der Waals surface area contributed by atoms with Crippen LogP contribution >= 0.6 is 0 Å². The molecule has 14 heavy (non-hydrogen) atoms. The minimum Gasteiger partial charge on any atom is -0.481 e. The van der Waals surface area contributed by atoms with Crippen LogP contribution in [0.1, 0.15) is 19.8 Å². The van der Waals surface area contributed by atoms with Crippen molar-refractivity contribution in [3.05, 3.63) is 0 Å². The Bertz CT molecular complexity index is 241. The lowest BCUT2D eigenvalue weighted by atomic mass is 10.2. The van der Waals surface area contributed by atoms with Gasteiger partial charge in [-0.2, -0.15) is 0 Å². The van der Waals surface area contributed by atoms with Gasteiger partial charge in [0.05, 0.1) is 12.5 Å². The number of hydrogen-bond donors (Lipinski definition) is 2. The maximum atomic E-state index is 11.3. The summed E-state index contributed by atoms with van der Waals surface area (Å²) in [5, 5.41) is 17.7. The lowest BCUT2D eigenvalue weighted by molar-refractivity contribution is -0.140. The van der Waals surface area contributed by atoms with Crippen molar-refractivity contribution in [1.82, 2.24) is 4.90 Å². The third-order valence-corrected chi connectivity index (χ3v) is 2.25. The highest BCUT2D eigenvalue weighted by Gasteiger charge is 2.28. The first-order valence-electron chi connectivity index (χ1n) is 4.66. The third-order valence-electron chi connectivity index (χ3n) is 2.25. The van der Waals surface area contributed by atoms with Crippen LogP contribution in [0, 0.1) is 5.92 Å². The third kappa shape index (κ3) is 2.99. The minimum absolute atomic E-state index is 0.00180. The zero-order valence-electron chi connectivity index (χ0n) is 8.14. The molecule has 0 aromatic carbocycles. The predicted molar refractivity (Wildman–Crippen MR) is 48.6 cm³/mol. The van der Waals surface area contributed by atoms with Gasteiger partial charge in [0.25, 0.3) is 0 Å². The van der Waals surface area contributed by atoms with Crippen molar-refractivity contribution in [1.29, 1.82) is 0 Å². The van der Waals surface area contributed by atoms with E-state index in [0.29, 0.717) is 18.9 Å². The fourth-order valence-electron chi connectivity index (χ4n) is 1.67. The van der Waals surface area contributed by atoms with Gasteiger partial charge in [0.15, 0.2) is 0 Å². The largest absolute Gasteiger partial charge is 0.481 e. The highest BCUT2D eigenvalue weighted by molar-refractivity contribution is 5.78. The highest BCUT2D eigenvalue weighted by atomic mass is 16.4. The zero-order chi connectivity index (χ0) is 10.7. The van der Waals surface area contributed by atoms with Crippen LogP contribution in [0.2, 0.25) is 0 Å². The molecule has 1 aliphatic rings. The summed E-state index contributed by atoms with van der Waals surface area (Å²) in [7, 11) is 0. The maximum Gasteiger partial charge on any atom is 0.306 e. The number of hydrogen-bond acceptors (Lipinski definition) is 3. The van der Waals surface area contributed by atoms with Gasteiger partial charge in [-0.15, -0.1) is 0 Å². The molecule has 0 radical (unpaired) electrons. The molecule has 1 rings (SSSR count). The van der Waals surface area contributed by atoms with E-state index >= 15 is 0 Å². The van der Waals surface area contributed by atoms with Crippen LogP contribution in [0.25, 0.3) is 0 Å². The van der Waals surface area contributed by atoms with E-state index < -0.39 is 12.1 Å². The van der Waals surface area contributed by atoms with Crippen molar-refractivity contribution in [2.24, 2.45) is 5.92 Å². The van der Waals surface area contributed by atoms with Gasteiger partial charge in [-0.1, -0.05) is 6.92 Å². The quantitative estimate of drug-likeness (QED) is 0.654. The Kier molecular flexibility index (Phi) is 3.46. The number of amides is 1. The second-order valence-corrected chi connectivity index (χ2v) is 3.86. The SMILES string of the molecule is CC1CC(=O)N(CC(O)CC(=O)O)C1. The molecule has 5 nitrogen and oxygen atoms in total. The fraction of sp³-hybridized carbons (Fsp3) is 0.778. The normalized spacial score (nSPS) is 24.0. The van der Waals surface area contributed by atoms with Gasteiger partial charge < -0.3 is 15.1 Å². The second-order valence-electron chi connectivity index (χ2n) is 3.86. The van der Waals surface area contributed by atoms with Gasteiger partial charge in [-0.3, -0.25) is 9.59 Å². The van der Waals surface area contributed by atoms with Crippen molar-refractivity contribution in [2.45, 2.75) is 25.9 Å². The van der Waals surface area contributed by atoms with Gasteiger partial charge >= 0.3 is 5.97 Å². The van der Waals surface area contributed by atoms with Crippen LogP contribution in [0.3, 0.4) is 0 Å². The van der Waals surface area contributed by atoms with Crippen LogP contribution in [0.4, 0.5) is 0 Å². The van der Waals surface area contributed by atoms with Crippen molar-refractivity contribution >= 4 is 11.9 Å². The Morgan fingerprint density at radius 3 is 2.79 bits per heavy atom. The summed E-state index contributed by atoms with van der Waals surface area (Å²) in [5.41, 5.74) is 0. The summed E-state index contributed by atoms with van der Waals surface area (Å²) in [6.07, 6.45) is -0.764. The van der Waals surface area contributed by atoms with Gasteiger partial charge in [0.1, 0.15) is 0 Å². The van der Waals surface area contributed by atoms with E-state index in [1.807, 2.05) is 6.92 Å². The Morgan fingerprint density at radius 1 is 1.71 bits per heavy atom. The number of aliphatic hydroxyl groups excluding tert-OH is 1. The van der Waals surface area contributed by atoms with Crippen molar-refractivity contribution in [3.8, 4) is 0 Å². The molecule has 1 saturated heterocycles. The smallest absolute Gasteiger partial charge is 0.306 e. The summed E-state index contributed by atoms with van der Waals surface area (Å²) < 4.78 is 0. The van der Waals surface area contributed by atoms with Crippen LogP contribution in [-0.4, -0.2) is 46.2 Å². The number of carboxylic acids is 1. The van der Waals surface area contributed by atoms with E-state index in [9.17, 15) is 14.7 Å². The summed E-state index contributed by atoms with van der Waals surface area (Å²) >= 11 is 0. The predicted octanol–water partition coefficient (Wildman–Crippen LogP) is -0.310. The fourth-order valence-corrected chi connectivity index (χ4v) is 1.67. The Balaban J connectivity index is 2.37. The molecule has 2 unspecified atom stereocenters. The van der Waals surface area contributed by atoms with E-state index in [-0.39, 0.29) is 18.9 Å². The number of β-amino-alcohol motifs (C(OH)–C–C–N with tert-alkyl or cyclic N) is 1. The molecule has 1 amide bonds. The molecular formula is C9H15NO4. The van der Waals surface area contributed by atoms with Crippen molar-refractivity contribution in [3.63, 3.8) is 0 Å². The number of rotatable bonds is 4. The molecular weight excluding hydrogens is 186 g/mol. The van der Waals surface area contributed by atoms with Crippen LogP contribution in [-0.2, 0) is 9.59 Å². The van der Waals surface area contributed by atoms with Crippen LogP contribution in [0.15, 0.2) is 0 Å². The maximum absolute atomic E-state index is 11.3. The van der Waals surface area contributed by atoms with Crippen LogP contribution in [0.5, 0.6) is 0 Å². The molecule has 0 aliphatic carbocycles. The van der Waals surface area contributed by atoms with E-state index in [2.05, 4.69) is 0 Å². The first kappa shape index (κ1) is 11.0. The van der Waals surface area contributed by atoms with Gasteiger partial charge in [-0.25, -0.2) is 0 Å². The lowest BCUT2D eigenvalue weighted by Gasteiger charge is -2.18. The summed E-state index contributed by atoms with van der Waals surface area (Å²) in [6, 6.07) is 0. The first-order chi connectivity index (χ1) is 6.49. The number of aliphatic hydroxyl groups is 1. The average Bonchev–Trinajstić information content (AvgIpc) is 2.28. The molecule has 0 aromatic rings. The van der Waals surface area contributed by atoms with E-state index in [1.54, 1.807) is 0 Å². The molecule has 80 valence electrons. The summed E-state index contributed by atoms with van der Waals surface area (Å²) in [6.45, 7) is 2.71. The van der Waals surface area contributed by atoms with E-state index in [1.165, 1.54) is 4.90 Å². The van der Waals surface area contributed by atoms with Gasteiger partial charge in [0, 0.05) is 19.5 Å².